The number of benzene rings is 3. The number of aromatic nitrogens is 2. The number of H-pyrrole nitrogens is 2. The summed E-state index contributed by atoms with van der Waals surface area (Å²) in [5.74, 6) is 0. The highest BCUT2D eigenvalue weighted by atomic mass is 14.7. The van der Waals surface area contributed by atoms with Gasteiger partial charge in [-0.25, -0.2) is 0 Å². The van der Waals surface area contributed by atoms with Gasteiger partial charge in [0.1, 0.15) is 0 Å². The second-order valence-corrected chi connectivity index (χ2v) is 7.03. The number of aryl methyl sites for hydroxylation is 2. The largest absolute Gasteiger partial charge is 0.354 e. The Bertz CT molecular complexity index is 1160. The summed E-state index contributed by atoms with van der Waals surface area (Å²) in [6, 6.07) is 26.0. The predicted molar refractivity (Wildman–Crippen MR) is 111 cm³/mol. The molecule has 0 saturated heterocycles. The maximum atomic E-state index is 3.58. The zero-order valence-corrected chi connectivity index (χ0v) is 14.9. The summed E-state index contributed by atoms with van der Waals surface area (Å²) in [6.45, 7) is 4.29. The summed E-state index contributed by atoms with van der Waals surface area (Å²) in [5.41, 5.74) is 9.70. The smallest absolute Gasteiger partial charge is 0.0488 e. The molecule has 0 amide bonds. The van der Waals surface area contributed by atoms with Gasteiger partial charge in [-0.05, 0) is 54.3 Å². The highest BCUT2D eigenvalue weighted by Crippen LogP contribution is 2.31. The SMILES string of the molecule is Cc1cccc2cc(-c3cccc(-c4cc5cccc(C)c5[nH]4)c3)[nH]c12. The molecule has 0 spiro atoms. The lowest BCUT2D eigenvalue weighted by atomic mass is 10.1. The van der Waals surface area contributed by atoms with Crippen molar-refractivity contribution < 1.29 is 0 Å². The zero-order chi connectivity index (χ0) is 17.7. The van der Waals surface area contributed by atoms with Crippen molar-refractivity contribution in [1.82, 2.24) is 9.97 Å². The van der Waals surface area contributed by atoms with Gasteiger partial charge < -0.3 is 9.97 Å². The van der Waals surface area contributed by atoms with Crippen molar-refractivity contribution in [2.75, 3.05) is 0 Å². The third-order valence-electron chi connectivity index (χ3n) is 5.21. The predicted octanol–water partition coefficient (Wildman–Crippen LogP) is 6.60. The molecular weight excluding hydrogens is 316 g/mol. The molecule has 0 saturated carbocycles. The molecule has 5 aromatic rings. The van der Waals surface area contributed by atoms with E-state index in [1.807, 2.05) is 0 Å². The Labute approximate surface area is 152 Å². The van der Waals surface area contributed by atoms with Crippen LogP contribution in [0.2, 0.25) is 0 Å². The number of fused-ring (bicyclic) bond motifs is 2. The lowest BCUT2D eigenvalue weighted by Gasteiger charge is -2.03. The van der Waals surface area contributed by atoms with E-state index in [1.54, 1.807) is 0 Å². The van der Waals surface area contributed by atoms with Crippen molar-refractivity contribution in [2.24, 2.45) is 0 Å². The molecule has 26 heavy (non-hydrogen) atoms. The maximum Gasteiger partial charge on any atom is 0.0488 e. The van der Waals surface area contributed by atoms with Crippen LogP contribution in [0.25, 0.3) is 44.3 Å². The van der Waals surface area contributed by atoms with Crippen LogP contribution in [-0.2, 0) is 0 Å². The monoisotopic (exact) mass is 336 g/mol. The van der Waals surface area contributed by atoms with E-state index in [9.17, 15) is 0 Å². The van der Waals surface area contributed by atoms with E-state index in [1.165, 1.54) is 44.1 Å². The van der Waals surface area contributed by atoms with Crippen molar-refractivity contribution in [1.29, 1.82) is 0 Å². The third kappa shape index (κ3) is 2.34. The topological polar surface area (TPSA) is 31.6 Å². The van der Waals surface area contributed by atoms with E-state index >= 15 is 0 Å². The van der Waals surface area contributed by atoms with Gasteiger partial charge >= 0.3 is 0 Å². The molecule has 0 aliphatic carbocycles. The minimum atomic E-state index is 1.16. The lowest BCUT2D eigenvalue weighted by Crippen LogP contribution is -1.82. The fraction of sp³-hybridized carbons (Fsp3) is 0.0833. The quantitative estimate of drug-likeness (QED) is 0.364. The number of hydrogen-bond acceptors (Lipinski definition) is 0. The van der Waals surface area contributed by atoms with Crippen molar-refractivity contribution in [3.63, 3.8) is 0 Å². The summed E-state index contributed by atoms with van der Waals surface area (Å²) >= 11 is 0. The van der Waals surface area contributed by atoms with E-state index in [-0.39, 0.29) is 0 Å². The molecule has 0 fully saturated rings. The van der Waals surface area contributed by atoms with Crippen molar-refractivity contribution in [3.05, 3.63) is 83.9 Å². The van der Waals surface area contributed by atoms with Crippen LogP contribution >= 0.6 is 0 Å². The molecule has 0 aliphatic rings. The molecular formula is C24H20N2. The number of nitrogens with one attached hydrogen (secondary N) is 2. The second kappa shape index (κ2) is 5.63. The molecule has 2 nitrogen and oxygen atoms in total. The second-order valence-electron chi connectivity index (χ2n) is 7.03. The zero-order valence-electron chi connectivity index (χ0n) is 14.9. The molecule has 126 valence electrons. The Kier molecular flexibility index (Phi) is 3.26. The Morgan fingerprint density at radius 1 is 0.538 bits per heavy atom. The minimum absolute atomic E-state index is 1.16. The first-order valence-corrected chi connectivity index (χ1v) is 8.96. The summed E-state index contributed by atoms with van der Waals surface area (Å²) in [4.78, 5) is 7.17. The van der Waals surface area contributed by atoms with Crippen LogP contribution in [0.5, 0.6) is 0 Å². The average Bonchev–Trinajstić information content (AvgIpc) is 3.28. The summed E-state index contributed by atoms with van der Waals surface area (Å²) < 4.78 is 0. The Balaban J connectivity index is 1.63. The van der Waals surface area contributed by atoms with Crippen LogP contribution in [0.3, 0.4) is 0 Å². The normalized spacial score (nSPS) is 11.5. The molecule has 3 aromatic carbocycles. The number of aromatic amines is 2. The summed E-state index contributed by atoms with van der Waals surface area (Å²) in [7, 11) is 0. The van der Waals surface area contributed by atoms with Gasteiger partial charge in [0.2, 0.25) is 0 Å². The van der Waals surface area contributed by atoms with E-state index in [0.717, 1.165) is 11.4 Å². The van der Waals surface area contributed by atoms with E-state index < -0.39 is 0 Å². The number of rotatable bonds is 2. The first-order valence-electron chi connectivity index (χ1n) is 8.96. The van der Waals surface area contributed by atoms with Crippen LogP contribution in [-0.4, -0.2) is 9.97 Å². The van der Waals surface area contributed by atoms with Gasteiger partial charge in [-0.3, -0.25) is 0 Å². The maximum absolute atomic E-state index is 3.58. The molecule has 0 radical (unpaired) electrons. The molecule has 5 rings (SSSR count). The van der Waals surface area contributed by atoms with Gasteiger partial charge in [-0.15, -0.1) is 0 Å². The van der Waals surface area contributed by atoms with E-state index in [4.69, 9.17) is 0 Å². The number of para-hydroxylation sites is 2. The molecule has 2 heterocycles. The van der Waals surface area contributed by atoms with Crippen molar-refractivity contribution >= 4 is 21.8 Å². The molecule has 0 aliphatic heterocycles. The average molecular weight is 336 g/mol. The van der Waals surface area contributed by atoms with Crippen molar-refractivity contribution in [2.45, 2.75) is 13.8 Å². The van der Waals surface area contributed by atoms with Gasteiger partial charge in [0.25, 0.3) is 0 Å². The van der Waals surface area contributed by atoms with Gasteiger partial charge in [-0.2, -0.15) is 0 Å². The Morgan fingerprint density at radius 3 is 1.46 bits per heavy atom. The molecule has 2 N–H and O–H groups in total. The summed E-state index contributed by atoms with van der Waals surface area (Å²) in [6.07, 6.45) is 0. The van der Waals surface area contributed by atoms with Crippen LogP contribution < -0.4 is 0 Å². The molecule has 0 atom stereocenters. The van der Waals surface area contributed by atoms with Crippen LogP contribution in [0.15, 0.2) is 72.8 Å². The summed E-state index contributed by atoms with van der Waals surface area (Å²) in [5, 5.41) is 2.51. The van der Waals surface area contributed by atoms with Crippen molar-refractivity contribution in [3.8, 4) is 22.5 Å². The highest BCUT2D eigenvalue weighted by Gasteiger charge is 2.09. The van der Waals surface area contributed by atoms with Gasteiger partial charge in [-0.1, -0.05) is 54.6 Å². The van der Waals surface area contributed by atoms with Crippen LogP contribution in [0.4, 0.5) is 0 Å². The van der Waals surface area contributed by atoms with Gasteiger partial charge in [0, 0.05) is 33.2 Å². The van der Waals surface area contributed by atoms with E-state index in [2.05, 4.69) is 96.6 Å². The minimum Gasteiger partial charge on any atom is -0.354 e. The van der Waals surface area contributed by atoms with Crippen LogP contribution in [0, 0.1) is 13.8 Å². The Hall–Kier alpha value is -3.26. The highest BCUT2D eigenvalue weighted by molar-refractivity contribution is 5.90. The van der Waals surface area contributed by atoms with E-state index in [0.29, 0.717) is 0 Å². The first kappa shape index (κ1) is 15.0. The molecule has 0 unspecified atom stereocenters. The van der Waals surface area contributed by atoms with Gasteiger partial charge in [0.05, 0.1) is 0 Å². The number of hydrogen-bond donors (Lipinski definition) is 2. The third-order valence-corrected chi connectivity index (χ3v) is 5.21. The first-order chi connectivity index (χ1) is 12.7. The molecule has 2 heteroatoms. The fourth-order valence-electron chi connectivity index (χ4n) is 3.78. The fourth-order valence-corrected chi connectivity index (χ4v) is 3.78. The Morgan fingerprint density at radius 2 is 1.00 bits per heavy atom. The molecule has 0 bridgehead atoms. The van der Waals surface area contributed by atoms with Gasteiger partial charge in [0.15, 0.2) is 0 Å². The van der Waals surface area contributed by atoms with Crippen LogP contribution in [0.1, 0.15) is 11.1 Å². The lowest BCUT2D eigenvalue weighted by molar-refractivity contribution is 1.39. The standard InChI is InChI=1S/C24H20N2/c1-15-6-3-10-19-13-21(25-23(15)19)17-8-5-9-18(12-17)22-14-20-11-4-7-16(2)24(20)26-22/h3-14,25-26H,1-2H3. The molecule has 2 aromatic heterocycles.